The van der Waals surface area contributed by atoms with Crippen LogP contribution >= 0.6 is 0 Å². The van der Waals surface area contributed by atoms with E-state index in [4.69, 9.17) is 9.72 Å². The summed E-state index contributed by atoms with van der Waals surface area (Å²) in [7, 11) is 0. The average molecular weight is 521 g/mol. The first kappa shape index (κ1) is 23.3. The van der Waals surface area contributed by atoms with Crippen molar-refractivity contribution in [3.05, 3.63) is 73.1 Å². The molecule has 1 saturated carbocycles. The van der Waals surface area contributed by atoms with E-state index < -0.39 is 5.82 Å². The molecule has 194 valence electrons. The first-order chi connectivity index (χ1) is 19.1. The number of hydrogen-bond acceptors (Lipinski definition) is 6. The minimum absolute atomic E-state index is 0.143. The molecular weight excluding hydrogens is 495 g/mol. The summed E-state index contributed by atoms with van der Waals surface area (Å²) in [4.78, 5) is 17.0. The number of rotatable bonds is 5. The van der Waals surface area contributed by atoms with Gasteiger partial charge in [-0.1, -0.05) is 6.42 Å². The molecule has 39 heavy (non-hydrogen) atoms. The lowest BCUT2D eigenvalue weighted by Gasteiger charge is -2.22. The lowest BCUT2D eigenvalue weighted by atomic mass is 9.98. The molecule has 0 amide bonds. The van der Waals surface area contributed by atoms with Crippen LogP contribution in [0.2, 0.25) is 0 Å². The van der Waals surface area contributed by atoms with Gasteiger partial charge in [0.2, 0.25) is 0 Å². The van der Waals surface area contributed by atoms with Crippen molar-refractivity contribution < 1.29 is 14.2 Å². The van der Waals surface area contributed by atoms with Gasteiger partial charge in [0, 0.05) is 35.0 Å². The van der Waals surface area contributed by atoms with Gasteiger partial charge in [0.25, 0.3) is 0 Å². The third-order valence-electron chi connectivity index (χ3n) is 7.27. The molecule has 6 aromatic rings. The summed E-state index contributed by atoms with van der Waals surface area (Å²) >= 11 is 0. The van der Waals surface area contributed by atoms with Gasteiger partial charge in [-0.25, -0.2) is 9.37 Å². The van der Waals surface area contributed by atoms with E-state index in [2.05, 4.69) is 25.1 Å². The van der Waals surface area contributed by atoms with Crippen LogP contribution in [-0.4, -0.2) is 41.3 Å². The molecule has 0 saturated heterocycles. The molecule has 8 nitrogen and oxygen atoms in total. The smallest absolute Gasteiger partial charge is 0.138 e. The topological polar surface area (TPSA) is 113 Å². The number of halogens is 1. The van der Waals surface area contributed by atoms with Crippen LogP contribution in [0.5, 0.6) is 11.5 Å². The fourth-order valence-corrected chi connectivity index (χ4v) is 5.38. The molecule has 5 heterocycles. The summed E-state index contributed by atoms with van der Waals surface area (Å²) < 4.78 is 20.2. The van der Waals surface area contributed by atoms with Crippen molar-refractivity contribution in [2.75, 3.05) is 0 Å². The molecule has 7 rings (SSSR count). The van der Waals surface area contributed by atoms with Gasteiger partial charge in [-0.15, -0.1) is 0 Å². The normalized spacial score (nSPS) is 14.3. The fourth-order valence-electron chi connectivity index (χ4n) is 5.38. The van der Waals surface area contributed by atoms with E-state index >= 15 is 0 Å². The van der Waals surface area contributed by atoms with Crippen molar-refractivity contribution in [2.24, 2.45) is 0 Å². The number of H-pyrrole nitrogens is 2. The van der Waals surface area contributed by atoms with Gasteiger partial charge < -0.3 is 14.8 Å². The monoisotopic (exact) mass is 520 g/mol. The van der Waals surface area contributed by atoms with Crippen LogP contribution in [-0.2, 0) is 0 Å². The molecule has 0 unspecified atom stereocenters. The summed E-state index contributed by atoms with van der Waals surface area (Å²) in [5.74, 6) is 0.0960. The Bertz CT molecular complexity index is 1800. The molecule has 1 aliphatic carbocycles. The second-order valence-corrected chi connectivity index (χ2v) is 9.98. The molecule has 0 aliphatic heterocycles. The number of nitrogens with one attached hydrogen (secondary N) is 2. The van der Waals surface area contributed by atoms with Crippen molar-refractivity contribution in [3.8, 4) is 45.3 Å². The maximum atomic E-state index is 14.0. The average Bonchev–Trinajstić information content (AvgIpc) is 3.57. The van der Waals surface area contributed by atoms with Crippen LogP contribution in [0.15, 0.2) is 67.3 Å². The van der Waals surface area contributed by atoms with Crippen molar-refractivity contribution in [1.29, 1.82) is 0 Å². The Morgan fingerprint density at radius 1 is 0.872 bits per heavy atom. The Morgan fingerprint density at radius 3 is 2.62 bits per heavy atom. The number of aromatic hydroxyl groups is 1. The second-order valence-electron chi connectivity index (χ2n) is 9.98. The van der Waals surface area contributed by atoms with E-state index in [9.17, 15) is 9.50 Å². The first-order valence-corrected chi connectivity index (χ1v) is 13.0. The highest BCUT2D eigenvalue weighted by atomic mass is 19.1. The number of benzene rings is 1. The number of aromatic amines is 2. The van der Waals surface area contributed by atoms with Crippen LogP contribution in [0.25, 0.3) is 55.7 Å². The van der Waals surface area contributed by atoms with Crippen LogP contribution in [0.3, 0.4) is 0 Å². The molecule has 9 heteroatoms. The Hall–Kier alpha value is -4.79. The standard InChI is InChI=1S/C30H25FN6O2/c31-19-8-17(9-20(38)11-19)24-15-33-16-28-23(24)12-27(34-28)30-29-26(36-37-30)7-6-25(35-29)18-10-22(14-32-13-18)39-21-4-2-1-3-5-21/h6-16,21,34,38H,1-5H2,(H,36,37). The molecule has 0 radical (unpaired) electrons. The number of nitrogens with zero attached hydrogens (tertiary/aromatic N) is 4. The zero-order valence-corrected chi connectivity index (χ0v) is 21.0. The highest BCUT2D eigenvalue weighted by molar-refractivity contribution is 6.00. The van der Waals surface area contributed by atoms with Gasteiger partial charge in [0.1, 0.15) is 28.5 Å². The Morgan fingerprint density at radius 2 is 1.74 bits per heavy atom. The van der Waals surface area contributed by atoms with Crippen molar-refractivity contribution >= 4 is 21.9 Å². The predicted molar refractivity (Wildman–Crippen MR) is 147 cm³/mol. The van der Waals surface area contributed by atoms with E-state index in [0.29, 0.717) is 22.3 Å². The molecule has 0 bridgehead atoms. The summed E-state index contributed by atoms with van der Waals surface area (Å²) in [6.07, 6.45) is 13.0. The van der Waals surface area contributed by atoms with Crippen LogP contribution in [0.4, 0.5) is 4.39 Å². The van der Waals surface area contributed by atoms with Gasteiger partial charge in [-0.3, -0.25) is 15.1 Å². The third-order valence-corrected chi connectivity index (χ3v) is 7.27. The SMILES string of the molecule is Oc1cc(F)cc(-c2cncc3[nH]c(-c4n[nH]c5ccc(-c6cncc(OC7CCCCC7)c6)nc45)cc23)c1. The van der Waals surface area contributed by atoms with Crippen LogP contribution < -0.4 is 4.74 Å². The van der Waals surface area contributed by atoms with E-state index in [-0.39, 0.29) is 11.9 Å². The van der Waals surface area contributed by atoms with E-state index in [1.54, 1.807) is 24.8 Å². The molecule has 3 N–H and O–H groups in total. The van der Waals surface area contributed by atoms with Crippen LogP contribution in [0.1, 0.15) is 32.1 Å². The minimum atomic E-state index is -0.518. The number of pyridine rings is 3. The van der Waals surface area contributed by atoms with E-state index in [0.717, 1.165) is 58.0 Å². The lowest BCUT2D eigenvalue weighted by molar-refractivity contribution is 0.154. The highest BCUT2D eigenvalue weighted by Crippen LogP contribution is 2.35. The number of phenolic OH excluding ortho intramolecular Hbond substituents is 1. The predicted octanol–water partition coefficient (Wildman–Crippen LogP) is 6.79. The Kier molecular flexibility index (Phi) is 5.69. The number of phenols is 1. The molecule has 1 aliphatic rings. The maximum Gasteiger partial charge on any atom is 0.138 e. The number of ether oxygens (including phenoxy) is 1. The molecule has 1 aromatic carbocycles. The summed E-state index contributed by atoms with van der Waals surface area (Å²) in [6.45, 7) is 0. The number of hydrogen-bond donors (Lipinski definition) is 3. The molecule has 0 atom stereocenters. The second kappa shape index (κ2) is 9.50. The Balaban J connectivity index is 1.26. The maximum absolute atomic E-state index is 14.0. The number of aromatic nitrogens is 6. The molecule has 1 fully saturated rings. The summed E-state index contributed by atoms with van der Waals surface area (Å²) in [5.41, 5.74) is 6.51. The zero-order chi connectivity index (χ0) is 26.3. The van der Waals surface area contributed by atoms with Gasteiger partial charge in [0.15, 0.2) is 0 Å². The van der Waals surface area contributed by atoms with Crippen molar-refractivity contribution in [1.82, 2.24) is 30.1 Å². The Labute approximate surface area is 222 Å². The van der Waals surface area contributed by atoms with Gasteiger partial charge >= 0.3 is 0 Å². The van der Waals surface area contributed by atoms with Crippen molar-refractivity contribution in [3.63, 3.8) is 0 Å². The van der Waals surface area contributed by atoms with E-state index in [1.807, 2.05) is 24.3 Å². The van der Waals surface area contributed by atoms with Gasteiger partial charge in [-0.2, -0.15) is 5.10 Å². The quantitative estimate of drug-likeness (QED) is 0.231. The highest BCUT2D eigenvalue weighted by Gasteiger charge is 2.18. The van der Waals surface area contributed by atoms with Crippen LogP contribution in [0, 0.1) is 5.82 Å². The van der Waals surface area contributed by atoms with Crippen molar-refractivity contribution in [2.45, 2.75) is 38.2 Å². The molecule has 5 aromatic heterocycles. The molecular formula is C30H25FN6O2. The fraction of sp³-hybridized carbons (Fsp3) is 0.200. The minimum Gasteiger partial charge on any atom is -0.508 e. The largest absolute Gasteiger partial charge is 0.508 e. The lowest BCUT2D eigenvalue weighted by Crippen LogP contribution is -2.19. The summed E-state index contributed by atoms with van der Waals surface area (Å²) in [6, 6.07) is 11.8. The van der Waals surface area contributed by atoms with Gasteiger partial charge in [-0.05, 0) is 67.6 Å². The number of fused-ring (bicyclic) bond motifs is 2. The summed E-state index contributed by atoms with van der Waals surface area (Å²) in [5, 5.41) is 18.4. The van der Waals surface area contributed by atoms with Gasteiger partial charge in [0.05, 0.1) is 40.9 Å². The first-order valence-electron chi connectivity index (χ1n) is 13.0. The third kappa shape index (κ3) is 4.46. The van der Waals surface area contributed by atoms with E-state index in [1.165, 1.54) is 31.4 Å². The molecule has 0 spiro atoms. The zero-order valence-electron chi connectivity index (χ0n) is 21.0.